The number of carbonyl (C=O) groups is 2. The number of likely N-dealkylation sites (tertiary alicyclic amines) is 1. The molecular formula is C34H36FN5O5S. The summed E-state index contributed by atoms with van der Waals surface area (Å²) in [6.45, 7) is 7.20. The first kappa shape index (κ1) is 31.6. The van der Waals surface area contributed by atoms with Crippen LogP contribution in [0.5, 0.6) is 5.75 Å². The smallest absolute Gasteiger partial charge is 0.407 e. The van der Waals surface area contributed by atoms with Crippen molar-refractivity contribution in [2.75, 3.05) is 53.0 Å². The lowest BCUT2D eigenvalue weighted by Gasteiger charge is -2.25. The highest BCUT2D eigenvalue weighted by molar-refractivity contribution is 7.17. The third-order valence-corrected chi connectivity index (χ3v) is 9.09. The van der Waals surface area contributed by atoms with Gasteiger partial charge >= 0.3 is 6.09 Å². The largest absolute Gasteiger partial charge is 0.490 e. The summed E-state index contributed by atoms with van der Waals surface area (Å²) in [6, 6.07) is 13.0. The highest BCUT2D eigenvalue weighted by Gasteiger charge is 2.27. The maximum Gasteiger partial charge on any atom is 0.407 e. The molecule has 12 heteroatoms. The Bertz CT molecular complexity index is 1750. The van der Waals surface area contributed by atoms with E-state index in [2.05, 4.69) is 58.3 Å². The molecular weight excluding hydrogens is 609 g/mol. The van der Waals surface area contributed by atoms with E-state index in [1.54, 1.807) is 22.3 Å². The lowest BCUT2D eigenvalue weighted by atomic mass is 9.95. The predicted molar refractivity (Wildman–Crippen MR) is 174 cm³/mol. The zero-order valence-electron chi connectivity index (χ0n) is 25.7. The van der Waals surface area contributed by atoms with Gasteiger partial charge < -0.3 is 29.3 Å². The Balaban J connectivity index is 1.04. The molecule has 0 saturated carbocycles. The van der Waals surface area contributed by atoms with E-state index in [1.165, 1.54) is 29.3 Å². The molecule has 0 unspecified atom stereocenters. The Labute approximate surface area is 270 Å². The summed E-state index contributed by atoms with van der Waals surface area (Å²) in [6.07, 6.45) is 1.93. The molecule has 1 fully saturated rings. The second-order valence-electron chi connectivity index (χ2n) is 11.4. The summed E-state index contributed by atoms with van der Waals surface area (Å²) in [4.78, 5) is 27.7. The van der Waals surface area contributed by atoms with Crippen LogP contribution in [-0.4, -0.2) is 91.1 Å². The van der Waals surface area contributed by atoms with Crippen LogP contribution in [0.25, 0.3) is 32.6 Å². The third kappa shape index (κ3) is 7.19. The lowest BCUT2D eigenvalue weighted by molar-refractivity contribution is -0.125. The maximum atomic E-state index is 14.3. The van der Waals surface area contributed by atoms with Crippen LogP contribution in [0, 0.1) is 5.82 Å². The standard InChI is InChI=1S/C34H36FN5O5S/c1-3-30(41)40-13-9-26(21-40)45-34(42)36-11-14-43-15-16-44-29-19-25(35)6-7-27(29)32-33-28(10-17-46-33)31(37-38-32)23-4-5-24-20-39(2)12-8-22(24)18-23/h3-7,10,17-19,26H,1,8-9,11-16,20-21H2,2H3,(H,36,42)/t26-/m0/s1. The third-order valence-electron chi connectivity index (χ3n) is 8.17. The van der Waals surface area contributed by atoms with Crippen LogP contribution in [-0.2, 0) is 27.2 Å². The number of rotatable bonds is 11. The minimum absolute atomic E-state index is 0.166. The second-order valence-corrected chi connectivity index (χ2v) is 12.3. The number of carbonyl (C=O) groups excluding carboxylic acids is 2. The second kappa shape index (κ2) is 14.4. The molecule has 4 aromatic rings. The predicted octanol–water partition coefficient (Wildman–Crippen LogP) is 5.06. The molecule has 2 aromatic heterocycles. The van der Waals surface area contributed by atoms with E-state index in [1.807, 2.05) is 5.38 Å². The van der Waals surface area contributed by atoms with Gasteiger partial charge in [0.1, 0.15) is 35.7 Å². The van der Waals surface area contributed by atoms with Gasteiger partial charge in [0.05, 0.1) is 24.5 Å². The number of alkyl carbamates (subject to hydrolysis) is 1. The lowest BCUT2D eigenvalue weighted by Crippen LogP contribution is -2.34. The number of halogens is 1. The molecule has 10 nitrogen and oxygen atoms in total. The van der Waals surface area contributed by atoms with E-state index in [9.17, 15) is 14.0 Å². The summed E-state index contributed by atoms with van der Waals surface area (Å²) < 4.78 is 32.2. The molecule has 6 rings (SSSR count). The Kier molecular flexibility index (Phi) is 9.86. The van der Waals surface area contributed by atoms with Gasteiger partial charge in [0.25, 0.3) is 0 Å². The van der Waals surface area contributed by atoms with Gasteiger partial charge in [-0.05, 0) is 60.3 Å². The van der Waals surface area contributed by atoms with Crippen molar-refractivity contribution in [2.24, 2.45) is 0 Å². The molecule has 2 amide bonds. The van der Waals surface area contributed by atoms with E-state index < -0.39 is 11.9 Å². The van der Waals surface area contributed by atoms with Crippen molar-refractivity contribution >= 4 is 33.4 Å². The van der Waals surface area contributed by atoms with Crippen LogP contribution >= 0.6 is 11.3 Å². The number of hydrogen-bond donors (Lipinski definition) is 1. The van der Waals surface area contributed by atoms with Gasteiger partial charge in [-0.25, -0.2) is 9.18 Å². The van der Waals surface area contributed by atoms with Gasteiger partial charge in [0, 0.05) is 55.2 Å². The number of amides is 2. The van der Waals surface area contributed by atoms with Gasteiger partial charge in [-0.15, -0.1) is 21.5 Å². The topological polar surface area (TPSA) is 106 Å². The minimum atomic E-state index is -0.561. The molecule has 1 N–H and O–H groups in total. The van der Waals surface area contributed by atoms with Crippen molar-refractivity contribution in [3.8, 4) is 28.3 Å². The fourth-order valence-electron chi connectivity index (χ4n) is 5.80. The highest BCUT2D eigenvalue weighted by atomic mass is 32.1. The van der Waals surface area contributed by atoms with Gasteiger partial charge in [-0.3, -0.25) is 4.79 Å². The van der Waals surface area contributed by atoms with Crippen molar-refractivity contribution in [1.29, 1.82) is 0 Å². The van der Waals surface area contributed by atoms with E-state index in [0.29, 0.717) is 36.5 Å². The molecule has 1 atom stereocenters. The monoisotopic (exact) mass is 645 g/mol. The zero-order valence-corrected chi connectivity index (χ0v) is 26.5. The molecule has 240 valence electrons. The van der Waals surface area contributed by atoms with Gasteiger partial charge in [0.2, 0.25) is 5.91 Å². The number of nitrogens with zero attached hydrogens (tertiary/aromatic N) is 4. The molecule has 0 bridgehead atoms. The first-order valence-electron chi connectivity index (χ1n) is 15.3. The molecule has 4 heterocycles. The van der Waals surface area contributed by atoms with Gasteiger partial charge in [-0.2, -0.15) is 0 Å². The number of fused-ring (bicyclic) bond motifs is 2. The quantitative estimate of drug-likeness (QED) is 0.178. The zero-order chi connectivity index (χ0) is 32.0. The average Bonchev–Trinajstić information content (AvgIpc) is 3.74. The van der Waals surface area contributed by atoms with Crippen molar-refractivity contribution in [1.82, 2.24) is 25.3 Å². The minimum Gasteiger partial charge on any atom is -0.490 e. The van der Waals surface area contributed by atoms with Crippen molar-refractivity contribution < 1.29 is 28.2 Å². The van der Waals surface area contributed by atoms with Gasteiger partial charge in [-0.1, -0.05) is 18.7 Å². The summed E-state index contributed by atoms with van der Waals surface area (Å²) in [5, 5.41) is 14.9. The first-order valence-corrected chi connectivity index (χ1v) is 16.2. The fourth-order valence-corrected chi connectivity index (χ4v) is 6.70. The van der Waals surface area contributed by atoms with Crippen LogP contribution in [0.15, 0.2) is 60.5 Å². The van der Waals surface area contributed by atoms with E-state index >= 15 is 0 Å². The maximum absolute atomic E-state index is 14.3. The van der Waals surface area contributed by atoms with E-state index in [-0.39, 0.29) is 38.4 Å². The normalized spacial score (nSPS) is 16.3. The molecule has 46 heavy (non-hydrogen) atoms. The van der Waals surface area contributed by atoms with Crippen LogP contribution < -0.4 is 10.1 Å². The first-order chi connectivity index (χ1) is 22.4. The van der Waals surface area contributed by atoms with Crippen LogP contribution in [0.2, 0.25) is 0 Å². The summed E-state index contributed by atoms with van der Waals surface area (Å²) in [5.41, 5.74) is 5.82. The van der Waals surface area contributed by atoms with Crippen LogP contribution in [0.1, 0.15) is 17.5 Å². The van der Waals surface area contributed by atoms with Crippen molar-refractivity contribution in [2.45, 2.75) is 25.5 Å². The number of aromatic nitrogens is 2. The highest BCUT2D eigenvalue weighted by Crippen LogP contribution is 2.39. The number of nitrogens with one attached hydrogen (secondary N) is 1. The summed E-state index contributed by atoms with van der Waals surface area (Å²) in [5.74, 6) is -0.249. The molecule has 0 aliphatic carbocycles. The summed E-state index contributed by atoms with van der Waals surface area (Å²) >= 11 is 1.56. The molecule has 0 radical (unpaired) electrons. The number of likely N-dealkylation sites (N-methyl/N-ethyl adjacent to an activating group) is 1. The van der Waals surface area contributed by atoms with Gasteiger partial charge in [0.15, 0.2) is 0 Å². The number of benzene rings is 2. The Morgan fingerprint density at radius 3 is 2.83 bits per heavy atom. The number of hydrogen-bond acceptors (Lipinski definition) is 9. The Morgan fingerprint density at radius 1 is 1.09 bits per heavy atom. The molecule has 2 aliphatic heterocycles. The Hall–Kier alpha value is -4.39. The van der Waals surface area contributed by atoms with Crippen molar-refractivity contribution in [3.05, 3.63) is 77.4 Å². The Morgan fingerprint density at radius 2 is 1.96 bits per heavy atom. The molecule has 2 aromatic carbocycles. The van der Waals surface area contributed by atoms with Crippen LogP contribution in [0.3, 0.4) is 0 Å². The molecule has 2 aliphatic rings. The number of thiophene rings is 1. The number of ether oxygens (including phenoxy) is 3. The van der Waals surface area contributed by atoms with Crippen LogP contribution in [0.4, 0.5) is 9.18 Å². The molecule has 0 spiro atoms. The summed E-state index contributed by atoms with van der Waals surface area (Å²) in [7, 11) is 2.14. The average molecular weight is 646 g/mol. The van der Waals surface area contributed by atoms with E-state index in [0.717, 1.165) is 40.9 Å². The van der Waals surface area contributed by atoms with E-state index in [4.69, 9.17) is 14.2 Å². The molecule has 1 saturated heterocycles. The fraction of sp³-hybridized carbons (Fsp3) is 0.353. The SMILES string of the molecule is C=CC(=O)N1CC[C@H](OC(=O)NCCOCCOc2cc(F)ccc2-c2nnc(-c3ccc4c(c3)CCN(C)C4)c3ccsc23)C1. The van der Waals surface area contributed by atoms with Crippen molar-refractivity contribution in [3.63, 3.8) is 0 Å².